The number of ether oxygens (including phenoxy) is 8. The molecule has 0 unspecified atom stereocenters. The number of carbonyl (C=O) groups is 2. The molecule has 0 fully saturated rings. The van der Waals surface area contributed by atoms with E-state index < -0.39 is 11.6 Å². The second kappa shape index (κ2) is 23.9. The number of esters is 1. The summed E-state index contributed by atoms with van der Waals surface area (Å²) in [5.74, 6) is 2.28. The molecule has 0 heterocycles. The van der Waals surface area contributed by atoms with E-state index in [1.807, 2.05) is 91.0 Å². The number of rotatable bonds is 21. The monoisotopic (exact) mass is 1050 g/mol. The first-order chi connectivity index (χ1) is 38.9. The van der Waals surface area contributed by atoms with E-state index in [4.69, 9.17) is 37.9 Å². The van der Waals surface area contributed by atoms with E-state index in [1.54, 1.807) is 7.11 Å². The first-order valence-electron chi connectivity index (χ1n) is 26.5. The van der Waals surface area contributed by atoms with Crippen molar-refractivity contribution in [2.45, 2.75) is 12.3 Å². The highest BCUT2D eigenvalue weighted by molar-refractivity contribution is 6.09. The molecule has 0 atom stereocenters. The van der Waals surface area contributed by atoms with Crippen LogP contribution in [0, 0.1) is 0 Å². The van der Waals surface area contributed by atoms with Crippen LogP contribution in [0.1, 0.15) is 29.2 Å². The molecule has 1 aliphatic carbocycles. The molecule has 0 radical (unpaired) electrons. The van der Waals surface area contributed by atoms with Crippen molar-refractivity contribution in [1.29, 1.82) is 0 Å². The van der Waals surface area contributed by atoms with Crippen molar-refractivity contribution in [1.82, 2.24) is 0 Å². The average molecular weight is 1050 g/mol. The lowest BCUT2D eigenvalue weighted by molar-refractivity contribution is -0.141. The highest BCUT2D eigenvalue weighted by Gasteiger charge is 2.46. The van der Waals surface area contributed by atoms with Crippen LogP contribution >= 0.6 is 0 Å². The lowest BCUT2D eigenvalue weighted by atomic mass is 9.67. The van der Waals surface area contributed by atoms with Crippen LogP contribution < -0.4 is 18.9 Å². The molecule has 0 bridgehead atoms. The minimum Gasteiger partial charge on any atom is -0.491 e. The van der Waals surface area contributed by atoms with Crippen molar-refractivity contribution in [2.75, 3.05) is 60.0 Å². The number of methoxy groups -OCH3 is 1. The third-order valence-electron chi connectivity index (χ3n) is 14.3. The maximum absolute atomic E-state index is 13.1. The highest BCUT2D eigenvalue weighted by atomic mass is 16.7. The predicted molar refractivity (Wildman–Crippen MR) is 309 cm³/mol. The fraction of sp³-hybridized carbons (Fsp3) is 0.159. The predicted octanol–water partition coefficient (Wildman–Crippen LogP) is 14.9. The van der Waals surface area contributed by atoms with Gasteiger partial charge in [-0.1, -0.05) is 182 Å². The Balaban J connectivity index is 0.837. The Bertz CT molecular complexity index is 3730. The van der Waals surface area contributed by atoms with Gasteiger partial charge < -0.3 is 37.9 Å². The number of hydrogen-bond donors (Lipinski definition) is 0. The Kier molecular flexibility index (Phi) is 15.6. The van der Waals surface area contributed by atoms with Gasteiger partial charge >= 0.3 is 12.1 Å². The topological polar surface area (TPSA) is 108 Å². The molecular formula is C69H58O10. The number of hydrogen-bond acceptors (Lipinski definition) is 10. The fourth-order valence-corrected chi connectivity index (χ4v) is 10.9. The molecule has 0 aliphatic heterocycles. The van der Waals surface area contributed by atoms with Crippen LogP contribution in [-0.2, 0) is 29.2 Å². The summed E-state index contributed by atoms with van der Waals surface area (Å²) in [5.41, 5.74) is 11.4. The van der Waals surface area contributed by atoms with Gasteiger partial charge in [0.2, 0.25) is 0 Å². The van der Waals surface area contributed by atoms with Crippen LogP contribution in [0.4, 0.5) is 4.79 Å². The SMILES string of the molecule is COCCOc1ccc2ccccc2c1-c1c(OCCOC(=O)OCCOc2ccc(C3(c4ccc(OCCOC(C)=O)c(-c5ccccc5)c4)c4ccccc4-c4ccccc43)cc2-c2ccccc2)ccc2ccccc12. The molecule has 0 amide bonds. The van der Waals surface area contributed by atoms with Crippen molar-refractivity contribution in [3.05, 3.63) is 241 Å². The van der Waals surface area contributed by atoms with Gasteiger partial charge in [-0.05, 0) is 102 Å². The minimum atomic E-state index is -0.830. The molecule has 10 nitrogen and oxygen atoms in total. The van der Waals surface area contributed by atoms with Gasteiger partial charge in [0.05, 0.1) is 12.0 Å². The Morgan fingerprint density at radius 1 is 0.367 bits per heavy atom. The van der Waals surface area contributed by atoms with E-state index in [0.717, 1.165) is 88.3 Å². The zero-order valence-corrected chi connectivity index (χ0v) is 44.0. The number of fused-ring (bicyclic) bond motifs is 5. The summed E-state index contributed by atoms with van der Waals surface area (Å²) in [6.45, 7) is 2.59. The number of benzene rings is 10. The molecule has 0 N–H and O–H groups in total. The van der Waals surface area contributed by atoms with E-state index in [0.29, 0.717) is 36.2 Å². The quantitative estimate of drug-likeness (QED) is 0.0510. The largest absolute Gasteiger partial charge is 0.508 e. The first kappa shape index (κ1) is 51.7. The second-order valence-electron chi connectivity index (χ2n) is 19.0. The van der Waals surface area contributed by atoms with E-state index >= 15 is 0 Å². The molecule has 0 saturated carbocycles. The highest BCUT2D eigenvalue weighted by Crippen LogP contribution is 2.57. The Hall–Kier alpha value is -9.38. The van der Waals surface area contributed by atoms with E-state index in [-0.39, 0.29) is 45.6 Å². The molecule has 0 saturated heterocycles. The lowest BCUT2D eigenvalue weighted by Crippen LogP contribution is -2.29. The van der Waals surface area contributed by atoms with Crippen LogP contribution in [0.2, 0.25) is 0 Å². The van der Waals surface area contributed by atoms with Gasteiger partial charge in [0.15, 0.2) is 0 Å². The van der Waals surface area contributed by atoms with Gasteiger partial charge in [0, 0.05) is 36.3 Å². The number of carbonyl (C=O) groups excluding carboxylic acids is 2. The molecule has 1 aliphatic rings. The summed E-state index contributed by atoms with van der Waals surface area (Å²) in [4.78, 5) is 24.7. The molecular weight excluding hydrogens is 989 g/mol. The van der Waals surface area contributed by atoms with Crippen molar-refractivity contribution in [3.8, 4) is 67.5 Å². The molecule has 10 aromatic rings. The minimum absolute atomic E-state index is 0.0506. The molecule has 10 aromatic carbocycles. The van der Waals surface area contributed by atoms with Gasteiger partial charge in [0.1, 0.15) is 69.2 Å². The van der Waals surface area contributed by atoms with E-state index in [1.165, 1.54) is 6.92 Å². The molecule has 10 heteroatoms. The van der Waals surface area contributed by atoms with Crippen molar-refractivity contribution >= 4 is 33.7 Å². The molecule has 0 spiro atoms. The van der Waals surface area contributed by atoms with Crippen LogP contribution in [0.15, 0.2) is 218 Å². The van der Waals surface area contributed by atoms with Crippen molar-refractivity contribution in [3.63, 3.8) is 0 Å². The summed E-state index contributed by atoms with van der Waals surface area (Å²) in [7, 11) is 1.65. The van der Waals surface area contributed by atoms with E-state index in [9.17, 15) is 9.59 Å². The maximum Gasteiger partial charge on any atom is 0.508 e. The van der Waals surface area contributed by atoms with Gasteiger partial charge in [-0.2, -0.15) is 0 Å². The zero-order valence-electron chi connectivity index (χ0n) is 44.0. The molecule has 79 heavy (non-hydrogen) atoms. The Morgan fingerprint density at radius 2 is 0.759 bits per heavy atom. The van der Waals surface area contributed by atoms with Crippen molar-refractivity contribution in [2.24, 2.45) is 0 Å². The molecule has 11 rings (SSSR count). The lowest BCUT2D eigenvalue weighted by Gasteiger charge is -2.35. The van der Waals surface area contributed by atoms with Gasteiger partial charge in [-0.25, -0.2) is 4.79 Å². The second-order valence-corrected chi connectivity index (χ2v) is 19.0. The normalized spacial score (nSPS) is 12.1. The zero-order chi connectivity index (χ0) is 54.0. The molecule has 394 valence electrons. The Morgan fingerprint density at radius 3 is 1.23 bits per heavy atom. The van der Waals surface area contributed by atoms with E-state index in [2.05, 4.69) is 127 Å². The third kappa shape index (κ3) is 10.7. The fourth-order valence-electron chi connectivity index (χ4n) is 10.9. The van der Waals surface area contributed by atoms with Crippen LogP contribution in [0.25, 0.3) is 66.1 Å². The summed E-state index contributed by atoms with van der Waals surface area (Å²) < 4.78 is 47.3. The Labute approximate surface area is 459 Å². The summed E-state index contributed by atoms with van der Waals surface area (Å²) in [6.07, 6.45) is -0.830. The third-order valence-corrected chi connectivity index (χ3v) is 14.3. The maximum atomic E-state index is 13.1. The summed E-state index contributed by atoms with van der Waals surface area (Å²) in [5, 5.41) is 4.12. The van der Waals surface area contributed by atoms with Crippen molar-refractivity contribution < 1.29 is 47.5 Å². The first-order valence-corrected chi connectivity index (χ1v) is 26.5. The summed E-state index contributed by atoms with van der Waals surface area (Å²) >= 11 is 0. The van der Waals surface area contributed by atoms with Gasteiger partial charge in [-0.3, -0.25) is 4.79 Å². The van der Waals surface area contributed by atoms with Crippen LogP contribution in [0.3, 0.4) is 0 Å². The molecule has 0 aromatic heterocycles. The summed E-state index contributed by atoms with van der Waals surface area (Å²) in [6, 6.07) is 74.7. The standard InChI is InChI=1S/C69H58O10/c1-47(70)73-39-40-74-62-35-31-52(45-58(62)48-17-5-3-6-18-48)69(60-27-15-13-25-56(60)57-26-14-16-28-61(57)69)53-32-36-63(59(46-53)49-19-7-4-8-20-49)75-41-43-78-68(71)79-44-42-77-65-34-30-51-22-10-12-24-55(51)67(65)66-54-23-11-9-21-50(54)29-33-64(66)76-38-37-72-2/h3-36,45-46H,37-44H2,1-2H3. The van der Waals surface area contributed by atoms with Crippen LogP contribution in [-0.4, -0.2) is 72.1 Å². The smallest absolute Gasteiger partial charge is 0.491 e. The average Bonchev–Trinajstić information content (AvgIpc) is 3.76. The van der Waals surface area contributed by atoms with Gasteiger partial charge in [0.25, 0.3) is 0 Å². The van der Waals surface area contributed by atoms with Gasteiger partial charge in [-0.15, -0.1) is 0 Å². The van der Waals surface area contributed by atoms with Crippen LogP contribution in [0.5, 0.6) is 23.0 Å².